The minimum atomic E-state index is -0.806. The molecule has 0 spiro atoms. The van der Waals surface area contributed by atoms with E-state index in [1.165, 1.54) is 19.1 Å². The number of nitrogens with two attached hydrogens (primary N) is 1. The van der Waals surface area contributed by atoms with E-state index < -0.39 is 11.7 Å². The number of benzene rings is 2. The van der Waals surface area contributed by atoms with E-state index in [1.54, 1.807) is 49.7 Å². The largest absolute Gasteiger partial charge is 0.495 e. The van der Waals surface area contributed by atoms with Crippen LogP contribution in [-0.2, 0) is 11.3 Å². The van der Waals surface area contributed by atoms with Gasteiger partial charge in [0.15, 0.2) is 0 Å². The number of fused-ring (bicyclic) bond motifs is 1. The standard InChI is InChI=1S/C38H49Cl2N7O5/c1-9-44-15-17-45(18-16-44)25-11-12-28(27(41)20-25)47(37(49)52-38(2,3)4)32-21-29-24(23-42-32)19-26(36(48)46(29)14-10-13-43(5)6)33-34(39)30(50-7)22-31(51-8)35(33)40/h11-12,19-23H,9-10,13-18,41H2,1-8H3. The number of nitrogen functional groups attached to an aromatic ring is 1. The SMILES string of the molecule is CCN1CCN(c2ccc(N(C(=O)OC(C)(C)C)c3cc4c(cn3)cc(-c3c(Cl)c(OC)cc(OC)c3Cl)c(=O)n4CCCN(C)C)c(N)c2)CC1. The summed E-state index contributed by atoms with van der Waals surface area (Å²) in [5.74, 6) is 0.861. The number of anilines is 4. The molecule has 0 aliphatic carbocycles. The molecular formula is C38H49Cl2N7O5. The molecule has 2 N–H and O–H groups in total. The summed E-state index contributed by atoms with van der Waals surface area (Å²) in [4.78, 5) is 41.4. The van der Waals surface area contributed by atoms with Crippen LogP contribution in [0.15, 0.2) is 47.4 Å². The van der Waals surface area contributed by atoms with Crippen molar-refractivity contribution in [3.63, 3.8) is 0 Å². The summed E-state index contributed by atoms with van der Waals surface area (Å²) in [6.45, 7) is 13.3. The summed E-state index contributed by atoms with van der Waals surface area (Å²) < 4.78 is 18.5. The molecular weight excluding hydrogens is 705 g/mol. The molecule has 12 nitrogen and oxygen atoms in total. The second-order valence-corrected chi connectivity index (χ2v) is 14.8. The number of aryl methyl sites for hydroxylation is 1. The van der Waals surface area contributed by atoms with Crippen molar-refractivity contribution >= 4 is 63.1 Å². The molecule has 0 bridgehead atoms. The van der Waals surface area contributed by atoms with Gasteiger partial charge in [0.25, 0.3) is 5.56 Å². The Bertz CT molecular complexity index is 1960. The molecule has 4 aromatic rings. The molecule has 0 unspecified atom stereocenters. The Morgan fingerprint density at radius 2 is 1.63 bits per heavy atom. The van der Waals surface area contributed by atoms with Crippen molar-refractivity contribution in [2.24, 2.45) is 0 Å². The first-order valence-electron chi connectivity index (χ1n) is 17.4. The van der Waals surface area contributed by atoms with Crippen LogP contribution >= 0.6 is 23.2 Å². The number of methoxy groups -OCH3 is 2. The lowest BCUT2D eigenvalue weighted by Crippen LogP contribution is -2.46. The third kappa shape index (κ3) is 8.36. The normalized spacial score (nSPS) is 13.9. The lowest BCUT2D eigenvalue weighted by molar-refractivity contribution is 0.0598. The van der Waals surface area contributed by atoms with E-state index in [-0.39, 0.29) is 32.5 Å². The second kappa shape index (κ2) is 16.2. The molecule has 2 aromatic heterocycles. The molecule has 2 aromatic carbocycles. The van der Waals surface area contributed by atoms with E-state index in [9.17, 15) is 9.59 Å². The Labute approximate surface area is 315 Å². The van der Waals surface area contributed by atoms with Gasteiger partial charge in [0.1, 0.15) is 22.9 Å². The number of rotatable bonds is 11. The van der Waals surface area contributed by atoms with E-state index in [0.29, 0.717) is 46.7 Å². The van der Waals surface area contributed by atoms with Gasteiger partial charge in [-0.15, -0.1) is 0 Å². The molecule has 1 amide bonds. The van der Waals surface area contributed by atoms with Crippen LogP contribution in [0.3, 0.4) is 0 Å². The molecule has 0 radical (unpaired) electrons. The van der Waals surface area contributed by atoms with Crippen molar-refractivity contribution in [3.8, 4) is 22.6 Å². The van der Waals surface area contributed by atoms with Gasteiger partial charge < -0.3 is 39.2 Å². The summed E-state index contributed by atoms with van der Waals surface area (Å²) in [6.07, 6.45) is 1.61. The first-order valence-corrected chi connectivity index (χ1v) is 18.1. The Hall–Kier alpha value is -4.23. The fraction of sp³-hybridized carbons (Fsp3) is 0.447. The second-order valence-electron chi connectivity index (χ2n) is 14.0. The van der Waals surface area contributed by atoms with Gasteiger partial charge in [-0.2, -0.15) is 0 Å². The lowest BCUT2D eigenvalue weighted by Gasteiger charge is -2.36. The lowest BCUT2D eigenvalue weighted by atomic mass is 10.0. The number of halogens is 2. The average Bonchev–Trinajstić information content (AvgIpc) is 3.09. The Balaban J connectivity index is 1.68. The fourth-order valence-corrected chi connectivity index (χ4v) is 7.04. The predicted molar refractivity (Wildman–Crippen MR) is 211 cm³/mol. The third-order valence-electron chi connectivity index (χ3n) is 9.04. The van der Waals surface area contributed by atoms with Crippen molar-refractivity contribution in [1.82, 2.24) is 19.4 Å². The quantitative estimate of drug-likeness (QED) is 0.158. The first kappa shape index (κ1) is 39.0. The Kier molecular flexibility index (Phi) is 12.1. The molecule has 14 heteroatoms. The van der Waals surface area contributed by atoms with Gasteiger partial charge in [0.05, 0.1) is 46.7 Å². The molecule has 280 valence electrons. The zero-order valence-corrected chi connectivity index (χ0v) is 32.8. The zero-order valence-electron chi connectivity index (χ0n) is 31.3. The summed E-state index contributed by atoms with van der Waals surface area (Å²) in [5, 5.41) is 0.976. The highest BCUT2D eigenvalue weighted by molar-refractivity contribution is 6.41. The molecule has 1 aliphatic rings. The van der Waals surface area contributed by atoms with E-state index in [1.807, 2.05) is 37.2 Å². The molecule has 0 atom stereocenters. The summed E-state index contributed by atoms with van der Waals surface area (Å²) >= 11 is 13.6. The van der Waals surface area contributed by atoms with Crippen LogP contribution in [0.25, 0.3) is 22.0 Å². The van der Waals surface area contributed by atoms with Gasteiger partial charge in [0, 0.05) is 67.7 Å². The molecule has 0 saturated carbocycles. The van der Waals surface area contributed by atoms with Crippen molar-refractivity contribution in [3.05, 3.63) is 63.0 Å². The van der Waals surface area contributed by atoms with Crippen LogP contribution in [0.2, 0.25) is 10.0 Å². The van der Waals surface area contributed by atoms with Gasteiger partial charge in [-0.05, 0) is 78.6 Å². The van der Waals surface area contributed by atoms with E-state index >= 15 is 0 Å². The number of ether oxygens (including phenoxy) is 3. The number of pyridine rings is 2. The van der Waals surface area contributed by atoms with Crippen molar-refractivity contribution in [1.29, 1.82) is 0 Å². The number of likely N-dealkylation sites (N-methyl/N-ethyl adjacent to an activating group) is 1. The molecule has 1 aliphatic heterocycles. The molecule has 3 heterocycles. The molecule has 1 saturated heterocycles. The highest BCUT2D eigenvalue weighted by Gasteiger charge is 2.29. The van der Waals surface area contributed by atoms with Gasteiger partial charge >= 0.3 is 6.09 Å². The van der Waals surface area contributed by atoms with Gasteiger partial charge in [-0.3, -0.25) is 4.79 Å². The number of hydrogen-bond acceptors (Lipinski definition) is 10. The monoisotopic (exact) mass is 753 g/mol. The molecule has 52 heavy (non-hydrogen) atoms. The maximum Gasteiger partial charge on any atom is 0.420 e. The van der Waals surface area contributed by atoms with Crippen LogP contribution in [0.5, 0.6) is 11.5 Å². The fourth-order valence-electron chi connectivity index (χ4n) is 6.34. The number of nitrogens with zero attached hydrogens (tertiary/aromatic N) is 6. The minimum Gasteiger partial charge on any atom is -0.495 e. The molecule has 5 rings (SSSR count). The highest BCUT2D eigenvalue weighted by Crippen LogP contribution is 2.45. The van der Waals surface area contributed by atoms with Crippen LogP contribution in [0.4, 0.5) is 27.7 Å². The number of piperazine rings is 1. The zero-order chi connectivity index (χ0) is 37.9. The van der Waals surface area contributed by atoms with Crippen molar-refractivity contribution < 1.29 is 19.0 Å². The van der Waals surface area contributed by atoms with Crippen molar-refractivity contribution in [2.45, 2.75) is 46.3 Å². The first-order chi connectivity index (χ1) is 24.7. The summed E-state index contributed by atoms with van der Waals surface area (Å²) in [7, 11) is 6.91. The maximum absolute atomic E-state index is 14.5. The van der Waals surface area contributed by atoms with E-state index in [4.69, 9.17) is 48.1 Å². The number of hydrogen-bond donors (Lipinski definition) is 1. The number of carbonyl (C=O) groups is 1. The summed E-state index contributed by atoms with van der Waals surface area (Å²) in [6, 6.07) is 10.7. The summed E-state index contributed by atoms with van der Waals surface area (Å²) in [5.41, 5.74) is 8.45. The number of amides is 1. The van der Waals surface area contributed by atoms with Crippen molar-refractivity contribution in [2.75, 3.05) is 83.1 Å². The smallest absolute Gasteiger partial charge is 0.420 e. The topological polar surface area (TPSA) is 119 Å². The van der Waals surface area contributed by atoms with Gasteiger partial charge in [-0.1, -0.05) is 30.1 Å². The number of carbonyl (C=O) groups excluding carboxylic acids is 1. The van der Waals surface area contributed by atoms with E-state index in [2.05, 4.69) is 16.7 Å². The van der Waals surface area contributed by atoms with Gasteiger partial charge in [-0.25, -0.2) is 14.7 Å². The highest BCUT2D eigenvalue weighted by atomic mass is 35.5. The predicted octanol–water partition coefficient (Wildman–Crippen LogP) is 7.14. The molecule has 1 fully saturated rings. The van der Waals surface area contributed by atoms with E-state index in [0.717, 1.165) is 45.0 Å². The van der Waals surface area contributed by atoms with Gasteiger partial charge in [0.2, 0.25) is 0 Å². The van der Waals surface area contributed by atoms with Crippen LogP contribution in [0.1, 0.15) is 34.1 Å². The van der Waals surface area contributed by atoms with Crippen LogP contribution < -0.4 is 30.6 Å². The Morgan fingerprint density at radius 1 is 0.981 bits per heavy atom. The number of aromatic nitrogens is 2. The minimum absolute atomic E-state index is 0.177. The third-order valence-corrected chi connectivity index (χ3v) is 9.79. The maximum atomic E-state index is 14.5. The average molecular weight is 755 g/mol. The Morgan fingerprint density at radius 3 is 2.19 bits per heavy atom. The van der Waals surface area contributed by atoms with Crippen LogP contribution in [0, 0.1) is 0 Å². The van der Waals surface area contributed by atoms with Crippen LogP contribution in [-0.4, -0.2) is 98.6 Å².